The molecular weight excluding hydrogens is 334 g/mol. The molecule has 2 aliphatic heterocycles. The van der Waals surface area contributed by atoms with Gasteiger partial charge in [-0.2, -0.15) is 0 Å². The number of ether oxygens (including phenoxy) is 3. The minimum absolute atomic E-state index is 0. The standard InChI is InChI=1S/C19H25NO5.CH4/c1-3-24-17-9-13(5-8-16(17)19(22)25-4-2)10-18(21)20-14-6-7-15(20)12-23-11-14;/h5,8-9,14-15H,3-4,6-7,10-12H2,1-2H3;1H4. The summed E-state index contributed by atoms with van der Waals surface area (Å²) in [4.78, 5) is 26.8. The second-order valence-corrected chi connectivity index (χ2v) is 6.38. The van der Waals surface area contributed by atoms with Gasteiger partial charge in [-0.05, 0) is 44.4 Å². The van der Waals surface area contributed by atoms with Crippen LogP contribution in [0.1, 0.15) is 50.0 Å². The number of morpholine rings is 1. The van der Waals surface area contributed by atoms with E-state index in [1.54, 1.807) is 25.1 Å². The van der Waals surface area contributed by atoms with Crippen molar-refractivity contribution in [2.75, 3.05) is 26.4 Å². The molecule has 1 aromatic carbocycles. The van der Waals surface area contributed by atoms with E-state index in [9.17, 15) is 9.59 Å². The summed E-state index contributed by atoms with van der Waals surface area (Å²) in [7, 11) is 0. The predicted molar refractivity (Wildman–Crippen MR) is 98.5 cm³/mol. The highest BCUT2D eigenvalue weighted by Gasteiger charge is 2.40. The summed E-state index contributed by atoms with van der Waals surface area (Å²) in [6.45, 7) is 5.64. The van der Waals surface area contributed by atoms with E-state index >= 15 is 0 Å². The van der Waals surface area contributed by atoms with E-state index in [2.05, 4.69) is 0 Å². The van der Waals surface area contributed by atoms with E-state index < -0.39 is 5.97 Å². The van der Waals surface area contributed by atoms with Gasteiger partial charge in [0.05, 0.1) is 44.9 Å². The van der Waals surface area contributed by atoms with Crippen LogP contribution in [0.4, 0.5) is 0 Å². The van der Waals surface area contributed by atoms with E-state index in [0.717, 1.165) is 18.4 Å². The van der Waals surface area contributed by atoms with Crippen molar-refractivity contribution in [3.05, 3.63) is 29.3 Å². The molecule has 2 unspecified atom stereocenters. The number of amides is 1. The first-order chi connectivity index (χ1) is 12.1. The largest absolute Gasteiger partial charge is 0.493 e. The number of benzene rings is 1. The molecule has 0 N–H and O–H groups in total. The van der Waals surface area contributed by atoms with Crippen LogP contribution < -0.4 is 4.74 Å². The average Bonchev–Trinajstić information content (AvgIpc) is 2.85. The summed E-state index contributed by atoms with van der Waals surface area (Å²) >= 11 is 0. The number of carbonyl (C=O) groups is 2. The number of esters is 1. The van der Waals surface area contributed by atoms with Gasteiger partial charge in [0.1, 0.15) is 11.3 Å². The quantitative estimate of drug-likeness (QED) is 0.727. The van der Waals surface area contributed by atoms with Crippen molar-refractivity contribution in [1.82, 2.24) is 4.90 Å². The normalized spacial score (nSPS) is 21.1. The van der Waals surface area contributed by atoms with Crippen LogP contribution in [0.2, 0.25) is 0 Å². The number of fused-ring (bicyclic) bond motifs is 2. The van der Waals surface area contributed by atoms with Crippen LogP contribution in [0, 0.1) is 0 Å². The zero-order valence-electron chi connectivity index (χ0n) is 14.8. The Hall–Kier alpha value is -2.08. The van der Waals surface area contributed by atoms with Crippen LogP contribution >= 0.6 is 0 Å². The maximum Gasteiger partial charge on any atom is 0.341 e. The van der Waals surface area contributed by atoms with Crippen LogP contribution in [0.25, 0.3) is 0 Å². The molecule has 1 amide bonds. The molecule has 0 radical (unpaired) electrons. The molecule has 2 saturated heterocycles. The van der Waals surface area contributed by atoms with Crippen molar-refractivity contribution in [1.29, 1.82) is 0 Å². The highest BCUT2D eigenvalue weighted by Crippen LogP contribution is 2.30. The molecule has 2 aliphatic rings. The smallest absolute Gasteiger partial charge is 0.341 e. The molecule has 2 heterocycles. The zero-order valence-corrected chi connectivity index (χ0v) is 14.8. The Kier molecular flexibility index (Phi) is 7.03. The Balaban J connectivity index is 0.00000243. The molecule has 1 aromatic rings. The maximum absolute atomic E-state index is 12.8. The van der Waals surface area contributed by atoms with Crippen molar-refractivity contribution >= 4 is 11.9 Å². The Morgan fingerprint density at radius 1 is 1.15 bits per heavy atom. The minimum Gasteiger partial charge on any atom is -0.493 e. The van der Waals surface area contributed by atoms with E-state index in [0.29, 0.717) is 44.2 Å². The second-order valence-electron chi connectivity index (χ2n) is 6.38. The number of rotatable bonds is 6. The van der Waals surface area contributed by atoms with Crippen LogP contribution in [0.15, 0.2) is 18.2 Å². The third kappa shape index (κ3) is 4.18. The molecular formula is C20H29NO5. The lowest BCUT2D eigenvalue weighted by atomic mass is 10.1. The van der Waals surface area contributed by atoms with Crippen molar-refractivity contribution in [2.24, 2.45) is 0 Å². The van der Waals surface area contributed by atoms with Gasteiger partial charge in [0, 0.05) is 0 Å². The Bertz CT molecular complexity index is 629. The number of hydrogen-bond acceptors (Lipinski definition) is 5. The van der Waals surface area contributed by atoms with Gasteiger partial charge in [0.25, 0.3) is 0 Å². The summed E-state index contributed by atoms with van der Waals surface area (Å²) in [6, 6.07) is 5.66. The fourth-order valence-electron chi connectivity index (χ4n) is 3.63. The number of hydrogen-bond donors (Lipinski definition) is 0. The fraction of sp³-hybridized carbons (Fsp3) is 0.600. The summed E-state index contributed by atoms with van der Waals surface area (Å²) in [5.74, 6) is 0.174. The predicted octanol–water partition coefficient (Wildman–Crippen LogP) is 2.83. The third-order valence-corrected chi connectivity index (χ3v) is 4.72. The molecule has 26 heavy (non-hydrogen) atoms. The highest BCUT2D eigenvalue weighted by atomic mass is 16.5. The molecule has 0 spiro atoms. The topological polar surface area (TPSA) is 65.1 Å². The van der Waals surface area contributed by atoms with Crippen molar-refractivity contribution in [2.45, 2.75) is 52.6 Å². The molecule has 0 saturated carbocycles. The lowest BCUT2D eigenvalue weighted by Gasteiger charge is -2.34. The van der Waals surface area contributed by atoms with E-state index in [1.165, 1.54) is 0 Å². The van der Waals surface area contributed by atoms with Gasteiger partial charge in [-0.15, -0.1) is 0 Å². The molecule has 0 aliphatic carbocycles. The zero-order chi connectivity index (χ0) is 17.8. The lowest BCUT2D eigenvalue weighted by molar-refractivity contribution is -0.140. The van der Waals surface area contributed by atoms with Gasteiger partial charge >= 0.3 is 5.97 Å². The third-order valence-electron chi connectivity index (χ3n) is 4.72. The van der Waals surface area contributed by atoms with Gasteiger partial charge in [-0.1, -0.05) is 13.5 Å². The highest BCUT2D eigenvalue weighted by molar-refractivity contribution is 5.93. The number of carbonyl (C=O) groups excluding carboxylic acids is 2. The fourth-order valence-corrected chi connectivity index (χ4v) is 3.63. The SMILES string of the molecule is C.CCOC(=O)c1ccc(CC(=O)N2C3CCC2COC3)cc1OCC. The van der Waals surface area contributed by atoms with Crippen LogP contribution in [-0.4, -0.2) is 55.3 Å². The molecule has 6 heteroatoms. The van der Waals surface area contributed by atoms with E-state index in [-0.39, 0.29) is 25.4 Å². The van der Waals surface area contributed by atoms with Crippen molar-refractivity contribution in [3.63, 3.8) is 0 Å². The summed E-state index contributed by atoms with van der Waals surface area (Å²) in [6.07, 6.45) is 2.33. The van der Waals surface area contributed by atoms with Crippen LogP contribution in [0.3, 0.4) is 0 Å². The van der Waals surface area contributed by atoms with E-state index in [4.69, 9.17) is 14.2 Å². The Morgan fingerprint density at radius 2 is 1.85 bits per heavy atom. The molecule has 2 fully saturated rings. The molecule has 2 atom stereocenters. The minimum atomic E-state index is -0.407. The first kappa shape index (κ1) is 20.2. The summed E-state index contributed by atoms with van der Waals surface area (Å²) < 4.78 is 16.2. The van der Waals surface area contributed by atoms with Crippen molar-refractivity contribution < 1.29 is 23.8 Å². The molecule has 2 bridgehead atoms. The maximum atomic E-state index is 12.8. The Morgan fingerprint density at radius 3 is 2.46 bits per heavy atom. The van der Waals surface area contributed by atoms with Crippen LogP contribution in [0.5, 0.6) is 5.75 Å². The molecule has 0 aromatic heterocycles. The van der Waals surface area contributed by atoms with Crippen molar-refractivity contribution in [3.8, 4) is 5.75 Å². The molecule has 144 valence electrons. The lowest BCUT2D eigenvalue weighted by Crippen LogP contribution is -2.49. The van der Waals surface area contributed by atoms with Gasteiger partial charge in [-0.25, -0.2) is 4.79 Å². The molecule has 6 nitrogen and oxygen atoms in total. The molecule has 3 rings (SSSR count). The van der Waals surface area contributed by atoms with Gasteiger partial charge < -0.3 is 19.1 Å². The first-order valence-corrected chi connectivity index (χ1v) is 8.95. The van der Waals surface area contributed by atoms with Gasteiger partial charge in [0.2, 0.25) is 5.91 Å². The second kappa shape index (κ2) is 9.03. The first-order valence-electron chi connectivity index (χ1n) is 8.95. The van der Waals surface area contributed by atoms with Crippen LogP contribution in [-0.2, 0) is 20.7 Å². The van der Waals surface area contributed by atoms with Gasteiger partial charge in [0.15, 0.2) is 0 Å². The summed E-state index contributed by atoms with van der Waals surface area (Å²) in [5, 5.41) is 0. The average molecular weight is 363 g/mol. The van der Waals surface area contributed by atoms with E-state index in [1.807, 2.05) is 11.8 Å². The number of nitrogens with zero attached hydrogens (tertiary/aromatic N) is 1. The monoisotopic (exact) mass is 363 g/mol. The van der Waals surface area contributed by atoms with Gasteiger partial charge in [-0.3, -0.25) is 4.79 Å². The summed E-state index contributed by atoms with van der Waals surface area (Å²) in [5.41, 5.74) is 1.23. The Labute approximate surface area is 155 Å².